The average Bonchev–Trinajstić information content (AvgIpc) is 2.57. The molecule has 0 saturated heterocycles. The van der Waals surface area contributed by atoms with Crippen LogP contribution in [0.5, 0.6) is 5.75 Å². The summed E-state index contributed by atoms with van der Waals surface area (Å²) in [5.74, 6) is -0.293. The van der Waals surface area contributed by atoms with E-state index in [4.69, 9.17) is 9.47 Å². The number of alkyl halides is 3. The molecule has 0 N–H and O–H groups in total. The maximum atomic E-state index is 12.3. The fraction of sp³-hybridized carbons (Fsp3) is 0.250. The van der Waals surface area contributed by atoms with Crippen LogP contribution in [-0.2, 0) is 15.7 Å². The third-order valence-electron chi connectivity index (χ3n) is 2.37. The van der Waals surface area contributed by atoms with E-state index in [0.717, 1.165) is 12.1 Å². The molecule has 1 aromatic rings. The molecule has 1 aliphatic heterocycles. The van der Waals surface area contributed by atoms with Crippen LogP contribution in [0.2, 0.25) is 0 Å². The number of ether oxygens (including phenoxy) is 2. The third-order valence-corrected chi connectivity index (χ3v) is 2.37. The summed E-state index contributed by atoms with van der Waals surface area (Å²) in [4.78, 5) is 11.0. The first kappa shape index (κ1) is 12.5. The summed E-state index contributed by atoms with van der Waals surface area (Å²) in [5.41, 5.74) is -0.350. The standard InChI is InChI=1S/C12H9F3O3/c1-7-6-10(18-11(7)16)17-9-4-2-8(3-5-9)12(13,14)15/h2-6,10H,1H3. The van der Waals surface area contributed by atoms with Crippen LogP contribution in [0.3, 0.4) is 0 Å². The first-order valence-corrected chi connectivity index (χ1v) is 5.09. The van der Waals surface area contributed by atoms with Crippen molar-refractivity contribution < 1.29 is 27.4 Å². The van der Waals surface area contributed by atoms with E-state index in [2.05, 4.69) is 0 Å². The van der Waals surface area contributed by atoms with Gasteiger partial charge in [0.05, 0.1) is 5.56 Å². The van der Waals surface area contributed by atoms with Gasteiger partial charge in [-0.25, -0.2) is 4.79 Å². The molecule has 0 saturated carbocycles. The summed E-state index contributed by atoms with van der Waals surface area (Å²) in [6.07, 6.45) is -3.80. The number of rotatable bonds is 2. The van der Waals surface area contributed by atoms with Gasteiger partial charge in [0.1, 0.15) is 5.75 Å². The van der Waals surface area contributed by atoms with E-state index < -0.39 is 24.0 Å². The Hall–Kier alpha value is -1.98. The average molecular weight is 258 g/mol. The maximum absolute atomic E-state index is 12.3. The lowest BCUT2D eigenvalue weighted by Gasteiger charge is -2.12. The molecule has 1 atom stereocenters. The molecule has 96 valence electrons. The van der Waals surface area contributed by atoms with Crippen molar-refractivity contribution in [3.05, 3.63) is 41.5 Å². The molecule has 0 fully saturated rings. The van der Waals surface area contributed by atoms with Crippen LogP contribution in [-0.4, -0.2) is 12.3 Å². The van der Waals surface area contributed by atoms with Crippen molar-refractivity contribution in [2.45, 2.75) is 19.4 Å². The van der Waals surface area contributed by atoms with E-state index in [-0.39, 0.29) is 5.75 Å². The molecule has 0 spiro atoms. The number of carbonyl (C=O) groups is 1. The minimum absolute atomic E-state index is 0.201. The Kier molecular flexibility index (Phi) is 3.02. The van der Waals surface area contributed by atoms with E-state index in [1.165, 1.54) is 18.2 Å². The minimum atomic E-state index is -4.38. The van der Waals surface area contributed by atoms with Gasteiger partial charge in [0.2, 0.25) is 0 Å². The lowest BCUT2D eigenvalue weighted by atomic mass is 10.2. The molecular formula is C12H9F3O3. The van der Waals surface area contributed by atoms with Gasteiger partial charge in [0.15, 0.2) is 0 Å². The topological polar surface area (TPSA) is 35.5 Å². The smallest absolute Gasteiger partial charge is 0.416 e. The van der Waals surface area contributed by atoms with Gasteiger partial charge < -0.3 is 9.47 Å². The molecule has 3 nitrogen and oxygen atoms in total. The van der Waals surface area contributed by atoms with Crippen molar-refractivity contribution in [3.63, 3.8) is 0 Å². The fourth-order valence-corrected chi connectivity index (χ4v) is 1.42. The van der Waals surface area contributed by atoms with E-state index in [9.17, 15) is 18.0 Å². The quantitative estimate of drug-likeness (QED) is 0.765. The van der Waals surface area contributed by atoms with Gasteiger partial charge in [-0.05, 0) is 31.2 Å². The largest absolute Gasteiger partial charge is 0.451 e. The Balaban J connectivity index is 2.06. The van der Waals surface area contributed by atoms with Crippen molar-refractivity contribution in [2.75, 3.05) is 0 Å². The van der Waals surface area contributed by atoms with Crippen molar-refractivity contribution in [1.29, 1.82) is 0 Å². The second-order valence-corrected chi connectivity index (χ2v) is 3.76. The van der Waals surface area contributed by atoms with Crippen LogP contribution < -0.4 is 4.74 Å². The second-order valence-electron chi connectivity index (χ2n) is 3.76. The predicted octanol–water partition coefficient (Wildman–Crippen LogP) is 2.91. The summed E-state index contributed by atoms with van der Waals surface area (Å²) in [7, 11) is 0. The third kappa shape index (κ3) is 2.64. The van der Waals surface area contributed by atoms with E-state index in [1.807, 2.05) is 0 Å². The summed E-state index contributed by atoms with van der Waals surface area (Å²) >= 11 is 0. The van der Waals surface area contributed by atoms with Crippen LogP contribution in [0.1, 0.15) is 12.5 Å². The molecule has 18 heavy (non-hydrogen) atoms. The van der Waals surface area contributed by atoms with Gasteiger partial charge in [0.25, 0.3) is 6.29 Å². The predicted molar refractivity (Wildman–Crippen MR) is 55.7 cm³/mol. The van der Waals surface area contributed by atoms with Gasteiger partial charge in [-0.2, -0.15) is 13.2 Å². The van der Waals surface area contributed by atoms with Crippen molar-refractivity contribution in [2.24, 2.45) is 0 Å². The number of hydrogen-bond donors (Lipinski definition) is 0. The van der Waals surface area contributed by atoms with E-state index in [1.54, 1.807) is 6.92 Å². The minimum Gasteiger partial charge on any atom is -0.451 e. The van der Waals surface area contributed by atoms with E-state index >= 15 is 0 Å². The molecule has 1 heterocycles. The first-order valence-electron chi connectivity index (χ1n) is 5.09. The van der Waals surface area contributed by atoms with Crippen LogP contribution in [0, 0.1) is 0 Å². The summed E-state index contributed by atoms with van der Waals surface area (Å²) in [5, 5.41) is 0. The molecule has 2 rings (SSSR count). The summed E-state index contributed by atoms with van der Waals surface area (Å²) in [6, 6.07) is 4.17. The molecule has 0 aromatic heterocycles. The Morgan fingerprint density at radius 1 is 1.22 bits per heavy atom. The van der Waals surface area contributed by atoms with Gasteiger partial charge in [-0.3, -0.25) is 0 Å². The highest BCUT2D eigenvalue weighted by Crippen LogP contribution is 2.30. The van der Waals surface area contributed by atoms with Crippen LogP contribution in [0.4, 0.5) is 13.2 Å². The first-order chi connectivity index (χ1) is 8.36. The number of hydrogen-bond acceptors (Lipinski definition) is 3. The second kappa shape index (κ2) is 4.36. The molecule has 1 aromatic carbocycles. The molecule has 6 heteroatoms. The Bertz CT molecular complexity index is 488. The SMILES string of the molecule is CC1=CC(Oc2ccc(C(F)(F)F)cc2)OC1=O. The van der Waals surface area contributed by atoms with Gasteiger partial charge in [0, 0.05) is 11.6 Å². The van der Waals surface area contributed by atoms with Gasteiger partial charge in [-0.1, -0.05) is 0 Å². The number of cyclic esters (lactones) is 1. The fourth-order valence-electron chi connectivity index (χ4n) is 1.42. The zero-order chi connectivity index (χ0) is 13.3. The number of esters is 1. The summed E-state index contributed by atoms with van der Waals surface area (Å²) in [6.45, 7) is 1.57. The monoisotopic (exact) mass is 258 g/mol. The molecule has 0 radical (unpaired) electrons. The van der Waals surface area contributed by atoms with Crippen molar-refractivity contribution in [1.82, 2.24) is 0 Å². The van der Waals surface area contributed by atoms with Crippen LogP contribution >= 0.6 is 0 Å². The van der Waals surface area contributed by atoms with E-state index in [0.29, 0.717) is 5.57 Å². The lowest BCUT2D eigenvalue weighted by molar-refractivity contribution is -0.148. The zero-order valence-corrected chi connectivity index (χ0v) is 9.32. The van der Waals surface area contributed by atoms with Gasteiger partial charge >= 0.3 is 12.1 Å². The lowest BCUT2D eigenvalue weighted by Crippen LogP contribution is -2.15. The molecule has 1 aliphatic rings. The van der Waals surface area contributed by atoms with Gasteiger partial charge in [-0.15, -0.1) is 0 Å². The number of benzene rings is 1. The normalized spacial score (nSPS) is 19.4. The van der Waals surface area contributed by atoms with Crippen molar-refractivity contribution in [3.8, 4) is 5.75 Å². The highest BCUT2D eigenvalue weighted by molar-refractivity contribution is 5.90. The van der Waals surface area contributed by atoms with Crippen LogP contribution in [0.15, 0.2) is 35.9 Å². The maximum Gasteiger partial charge on any atom is 0.416 e. The Morgan fingerprint density at radius 2 is 1.83 bits per heavy atom. The summed E-state index contributed by atoms with van der Waals surface area (Å²) < 4.78 is 46.9. The zero-order valence-electron chi connectivity index (χ0n) is 9.32. The number of halogens is 3. The highest BCUT2D eigenvalue weighted by Gasteiger charge is 2.30. The molecule has 0 amide bonds. The Labute approximate surface area is 101 Å². The molecule has 0 bridgehead atoms. The number of carbonyl (C=O) groups excluding carboxylic acids is 1. The Morgan fingerprint density at radius 3 is 2.28 bits per heavy atom. The van der Waals surface area contributed by atoms with Crippen molar-refractivity contribution >= 4 is 5.97 Å². The van der Waals surface area contributed by atoms with Crippen LogP contribution in [0.25, 0.3) is 0 Å². The molecule has 0 aliphatic carbocycles. The molecule has 1 unspecified atom stereocenters. The molecular weight excluding hydrogens is 249 g/mol. The highest BCUT2D eigenvalue weighted by atomic mass is 19.4.